The first-order valence-electron chi connectivity index (χ1n) is 8.03. The van der Waals surface area contributed by atoms with Gasteiger partial charge in [0.05, 0.1) is 12.9 Å². The van der Waals surface area contributed by atoms with Crippen molar-refractivity contribution in [2.45, 2.75) is 32.7 Å². The number of benzene rings is 1. The molecule has 1 N–H and O–H groups in total. The lowest BCUT2D eigenvalue weighted by Gasteiger charge is -2.15. The molecular formula is C17H19Cl2N5. The molecule has 2 heterocycles. The molecule has 0 saturated heterocycles. The lowest BCUT2D eigenvalue weighted by molar-refractivity contribution is 0.736. The van der Waals surface area contributed by atoms with Gasteiger partial charge in [0, 0.05) is 22.2 Å². The molecule has 0 saturated carbocycles. The number of nitrogens with zero attached hydrogens (tertiary/aromatic N) is 4. The molecule has 7 heteroatoms. The van der Waals surface area contributed by atoms with E-state index in [4.69, 9.17) is 23.2 Å². The maximum absolute atomic E-state index is 6.27. The number of hydrogen-bond donors (Lipinski definition) is 1. The van der Waals surface area contributed by atoms with Crippen LogP contribution in [0.3, 0.4) is 0 Å². The largest absolute Gasteiger partial charge is 0.368 e. The van der Waals surface area contributed by atoms with Gasteiger partial charge in [-0.15, -0.1) is 0 Å². The number of unbranched alkanes of at least 4 members (excludes halogenated alkanes) is 2. The highest BCUT2D eigenvalue weighted by molar-refractivity contribution is 6.35. The van der Waals surface area contributed by atoms with Crippen LogP contribution in [0.1, 0.15) is 31.7 Å². The fraction of sp³-hybridized carbons (Fsp3) is 0.353. The van der Waals surface area contributed by atoms with Crippen molar-refractivity contribution in [1.82, 2.24) is 19.5 Å². The molecule has 126 valence electrons. The summed E-state index contributed by atoms with van der Waals surface area (Å²) in [7, 11) is 0. The summed E-state index contributed by atoms with van der Waals surface area (Å²) in [5, 5.41) is 4.60. The summed E-state index contributed by atoms with van der Waals surface area (Å²) in [6.07, 6.45) is 6.79. The fourth-order valence-corrected chi connectivity index (χ4v) is 3.08. The quantitative estimate of drug-likeness (QED) is 0.616. The number of nitrogens with one attached hydrogen (secondary N) is 1. The van der Waals surface area contributed by atoms with E-state index in [1.54, 1.807) is 12.7 Å². The number of rotatable bonds is 7. The Balaban J connectivity index is 1.84. The molecule has 5 nitrogen and oxygen atoms in total. The van der Waals surface area contributed by atoms with Gasteiger partial charge in [0.2, 0.25) is 0 Å². The fourth-order valence-electron chi connectivity index (χ4n) is 2.56. The van der Waals surface area contributed by atoms with Crippen LogP contribution in [0.25, 0.3) is 11.5 Å². The molecule has 0 unspecified atom stereocenters. The highest BCUT2D eigenvalue weighted by atomic mass is 35.5. The molecular weight excluding hydrogens is 345 g/mol. The molecule has 2 aliphatic heterocycles. The molecule has 0 spiro atoms. The van der Waals surface area contributed by atoms with Crippen molar-refractivity contribution in [1.29, 1.82) is 0 Å². The van der Waals surface area contributed by atoms with Crippen molar-refractivity contribution < 1.29 is 0 Å². The van der Waals surface area contributed by atoms with Crippen molar-refractivity contribution >= 4 is 29.0 Å². The predicted molar refractivity (Wildman–Crippen MR) is 98.0 cm³/mol. The number of imidazole rings is 1. The van der Waals surface area contributed by atoms with E-state index in [1.807, 2.05) is 22.8 Å². The van der Waals surface area contributed by atoms with Gasteiger partial charge in [-0.25, -0.2) is 15.0 Å². The maximum Gasteiger partial charge on any atom is 0.165 e. The smallest absolute Gasteiger partial charge is 0.165 e. The van der Waals surface area contributed by atoms with Gasteiger partial charge in [0.15, 0.2) is 17.3 Å². The normalized spacial score (nSPS) is 11.1. The maximum atomic E-state index is 6.27. The minimum absolute atomic E-state index is 0.497. The van der Waals surface area contributed by atoms with Crippen LogP contribution >= 0.6 is 23.2 Å². The molecule has 3 rings (SSSR count). The highest BCUT2D eigenvalue weighted by Crippen LogP contribution is 2.29. The topological polar surface area (TPSA) is 55.6 Å². The van der Waals surface area contributed by atoms with E-state index in [1.165, 1.54) is 12.8 Å². The molecule has 2 aliphatic rings. The minimum Gasteiger partial charge on any atom is -0.368 e. The van der Waals surface area contributed by atoms with Crippen molar-refractivity contribution in [3.63, 3.8) is 0 Å². The van der Waals surface area contributed by atoms with Crippen LogP contribution in [-0.4, -0.2) is 26.1 Å². The highest BCUT2D eigenvalue weighted by Gasteiger charge is 2.18. The number of halogens is 2. The molecule has 0 atom stereocenters. The van der Waals surface area contributed by atoms with E-state index in [9.17, 15) is 0 Å². The second kappa shape index (κ2) is 7.81. The first-order valence-corrected chi connectivity index (χ1v) is 8.79. The Morgan fingerprint density at radius 2 is 1.88 bits per heavy atom. The molecule has 0 bridgehead atoms. The van der Waals surface area contributed by atoms with Gasteiger partial charge in [-0.1, -0.05) is 49.0 Å². The van der Waals surface area contributed by atoms with Crippen molar-refractivity contribution in [2.24, 2.45) is 0 Å². The number of anilines is 1. The monoisotopic (exact) mass is 363 g/mol. The van der Waals surface area contributed by atoms with Crippen LogP contribution in [-0.2, 0) is 6.54 Å². The summed E-state index contributed by atoms with van der Waals surface area (Å²) in [5.41, 5.74) is 1.61. The summed E-state index contributed by atoms with van der Waals surface area (Å²) in [6, 6.07) is 5.49. The standard InChI is InChI=1S/C17H19Cl2N5/c1-2-3-4-8-20-16-15-17(22-10-21-15)24(11-23-16)9-12-13(18)6-5-7-14(12)19/h5-7,10-11,20H,2-4,8-9H2,1H3. The van der Waals surface area contributed by atoms with Crippen LogP contribution in [0.2, 0.25) is 10.0 Å². The molecule has 24 heavy (non-hydrogen) atoms. The van der Waals surface area contributed by atoms with Crippen molar-refractivity contribution in [3.05, 3.63) is 46.5 Å². The summed E-state index contributed by atoms with van der Waals surface area (Å²) < 4.78 is 1.91. The van der Waals surface area contributed by atoms with E-state index < -0.39 is 0 Å². The first kappa shape index (κ1) is 17.0. The van der Waals surface area contributed by atoms with E-state index >= 15 is 0 Å². The molecule has 0 aliphatic carbocycles. The average molecular weight is 364 g/mol. The van der Waals surface area contributed by atoms with Gasteiger partial charge in [0.25, 0.3) is 0 Å². The molecule has 1 aromatic carbocycles. The third kappa shape index (κ3) is 3.62. The van der Waals surface area contributed by atoms with Crippen LogP contribution in [0.4, 0.5) is 5.82 Å². The molecule has 0 amide bonds. The third-order valence-electron chi connectivity index (χ3n) is 3.86. The Morgan fingerprint density at radius 3 is 2.62 bits per heavy atom. The van der Waals surface area contributed by atoms with Crippen LogP contribution < -0.4 is 5.32 Å². The van der Waals surface area contributed by atoms with Crippen LogP contribution in [0.15, 0.2) is 30.9 Å². The zero-order valence-corrected chi connectivity index (χ0v) is 15.0. The van der Waals surface area contributed by atoms with Gasteiger partial charge in [-0.2, -0.15) is 0 Å². The molecule has 1 aromatic rings. The van der Waals surface area contributed by atoms with Gasteiger partial charge in [0.1, 0.15) is 6.33 Å². The summed E-state index contributed by atoms with van der Waals surface area (Å²) in [4.78, 5) is 13.2. The van der Waals surface area contributed by atoms with Crippen LogP contribution in [0.5, 0.6) is 0 Å². The third-order valence-corrected chi connectivity index (χ3v) is 4.57. The Morgan fingerprint density at radius 1 is 1.08 bits per heavy atom. The zero-order chi connectivity index (χ0) is 16.9. The Labute approximate surface area is 151 Å². The van der Waals surface area contributed by atoms with Gasteiger partial charge >= 0.3 is 0 Å². The predicted octanol–water partition coefficient (Wildman–Crippen LogP) is 4.74. The lowest BCUT2D eigenvalue weighted by Crippen LogP contribution is -2.12. The number of hydrogen-bond acceptors (Lipinski definition) is 4. The first-order chi connectivity index (χ1) is 11.7. The van der Waals surface area contributed by atoms with Gasteiger partial charge in [-0.3, -0.25) is 0 Å². The van der Waals surface area contributed by atoms with E-state index in [0.29, 0.717) is 16.6 Å². The number of aromatic nitrogens is 4. The van der Waals surface area contributed by atoms with E-state index in [2.05, 4.69) is 27.2 Å². The summed E-state index contributed by atoms with van der Waals surface area (Å²) in [5.74, 6) is 1.53. The summed E-state index contributed by atoms with van der Waals surface area (Å²) in [6.45, 7) is 3.56. The van der Waals surface area contributed by atoms with E-state index in [0.717, 1.165) is 35.9 Å². The van der Waals surface area contributed by atoms with Gasteiger partial charge < -0.3 is 9.88 Å². The Bertz CT molecular complexity index is 766. The second-order valence-corrected chi connectivity index (χ2v) is 6.42. The SMILES string of the molecule is CCCCCNc1ncn(Cc2c(Cl)cccc2Cl)c2ncnc1-2. The Kier molecular flexibility index (Phi) is 5.53. The minimum atomic E-state index is 0.497. The second-order valence-electron chi connectivity index (χ2n) is 5.60. The average Bonchev–Trinajstić information content (AvgIpc) is 3.06. The Hall–Kier alpha value is -1.85. The van der Waals surface area contributed by atoms with Crippen molar-refractivity contribution in [2.75, 3.05) is 11.9 Å². The van der Waals surface area contributed by atoms with Crippen LogP contribution in [0, 0.1) is 0 Å². The number of fused-ring (bicyclic) bond motifs is 1. The molecule has 0 radical (unpaired) electrons. The zero-order valence-electron chi connectivity index (χ0n) is 13.5. The lowest BCUT2D eigenvalue weighted by atomic mass is 10.2. The molecule has 0 aromatic heterocycles. The van der Waals surface area contributed by atoms with Crippen molar-refractivity contribution in [3.8, 4) is 11.5 Å². The van der Waals surface area contributed by atoms with Gasteiger partial charge in [-0.05, 0) is 18.6 Å². The van der Waals surface area contributed by atoms with E-state index in [-0.39, 0.29) is 0 Å². The molecule has 0 fully saturated rings. The summed E-state index contributed by atoms with van der Waals surface area (Å²) >= 11 is 12.5.